The molecular formula is C24H17BrO4. The number of hydrogen-bond donors (Lipinski definition) is 0. The maximum Gasteiger partial charge on any atom is 0.344 e. The predicted molar refractivity (Wildman–Crippen MR) is 114 cm³/mol. The van der Waals surface area contributed by atoms with Gasteiger partial charge in [0.25, 0.3) is 0 Å². The minimum absolute atomic E-state index is 0.179. The fourth-order valence-electron chi connectivity index (χ4n) is 3.14. The lowest BCUT2D eigenvalue weighted by Crippen LogP contribution is -2.09. The lowest BCUT2D eigenvalue weighted by atomic mass is 10.0. The van der Waals surface area contributed by atoms with E-state index in [4.69, 9.17) is 9.47 Å². The van der Waals surface area contributed by atoms with Crippen molar-refractivity contribution < 1.29 is 19.1 Å². The molecule has 0 N–H and O–H groups in total. The Morgan fingerprint density at radius 3 is 2.48 bits per heavy atom. The van der Waals surface area contributed by atoms with E-state index in [-0.39, 0.29) is 11.5 Å². The number of hydrogen-bond acceptors (Lipinski definition) is 4. The van der Waals surface area contributed by atoms with Crippen LogP contribution in [-0.2, 0) is 0 Å². The fraction of sp³-hybridized carbons (Fsp3) is 0.0833. The quantitative estimate of drug-likeness (QED) is 0.284. The Morgan fingerprint density at radius 1 is 1.03 bits per heavy atom. The monoisotopic (exact) mass is 448 g/mol. The summed E-state index contributed by atoms with van der Waals surface area (Å²) in [6.07, 6.45) is 1.72. The highest BCUT2D eigenvalue weighted by atomic mass is 79.9. The van der Waals surface area contributed by atoms with Gasteiger partial charge in [0.1, 0.15) is 11.5 Å². The molecule has 4 rings (SSSR count). The largest absolute Gasteiger partial charge is 0.452 e. The van der Waals surface area contributed by atoms with Gasteiger partial charge >= 0.3 is 5.97 Å². The number of esters is 1. The molecule has 0 saturated carbocycles. The van der Waals surface area contributed by atoms with Crippen molar-refractivity contribution in [2.75, 3.05) is 0 Å². The second kappa shape index (κ2) is 7.68. The normalized spacial score (nSPS) is 13.9. The van der Waals surface area contributed by atoms with Gasteiger partial charge in [0, 0.05) is 10.5 Å². The number of rotatable bonds is 3. The van der Waals surface area contributed by atoms with Crippen LogP contribution in [0.1, 0.15) is 37.4 Å². The van der Waals surface area contributed by atoms with Gasteiger partial charge in [0.2, 0.25) is 5.78 Å². The van der Waals surface area contributed by atoms with E-state index in [1.54, 1.807) is 43.3 Å². The van der Waals surface area contributed by atoms with Crippen LogP contribution in [0.2, 0.25) is 0 Å². The third-order valence-electron chi connectivity index (χ3n) is 4.62. The van der Waals surface area contributed by atoms with Gasteiger partial charge in [0.05, 0.1) is 11.1 Å². The molecule has 1 aliphatic heterocycles. The molecule has 144 valence electrons. The van der Waals surface area contributed by atoms with Crippen LogP contribution in [0, 0.1) is 13.8 Å². The van der Waals surface area contributed by atoms with E-state index in [1.165, 1.54) is 0 Å². The van der Waals surface area contributed by atoms with Gasteiger partial charge in [-0.1, -0.05) is 42.0 Å². The second-order valence-electron chi connectivity index (χ2n) is 6.83. The Labute approximate surface area is 176 Å². The summed E-state index contributed by atoms with van der Waals surface area (Å²) in [5.74, 6) is 0.300. The highest BCUT2D eigenvalue weighted by Gasteiger charge is 2.30. The van der Waals surface area contributed by atoms with Gasteiger partial charge in [0.15, 0.2) is 5.76 Å². The van der Waals surface area contributed by atoms with E-state index in [0.29, 0.717) is 32.7 Å². The predicted octanol–water partition coefficient (Wildman–Crippen LogP) is 5.90. The molecule has 3 aromatic carbocycles. The molecule has 0 aromatic heterocycles. The Kier molecular flexibility index (Phi) is 5.07. The van der Waals surface area contributed by atoms with Crippen molar-refractivity contribution in [2.24, 2.45) is 0 Å². The molecule has 0 radical (unpaired) electrons. The molecule has 0 unspecified atom stereocenters. The third kappa shape index (κ3) is 3.87. The van der Waals surface area contributed by atoms with Crippen molar-refractivity contribution in [1.29, 1.82) is 0 Å². The summed E-state index contributed by atoms with van der Waals surface area (Å²) in [5.41, 5.74) is 3.62. The van der Waals surface area contributed by atoms with Crippen molar-refractivity contribution in [3.8, 4) is 11.5 Å². The number of Topliss-reactive ketones (excluding diaryl/α,β-unsaturated/α-hetero) is 1. The summed E-state index contributed by atoms with van der Waals surface area (Å²) < 4.78 is 12.0. The lowest BCUT2D eigenvalue weighted by molar-refractivity contribution is 0.0733. The highest BCUT2D eigenvalue weighted by Crippen LogP contribution is 2.37. The van der Waals surface area contributed by atoms with Crippen molar-refractivity contribution in [1.82, 2.24) is 0 Å². The summed E-state index contributed by atoms with van der Waals surface area (Å²) in [7, 11) is 0. The number of aryl methyl sites for hydroxylation is 2. The standard InChI is InChI=1S/C24H17BrO4/c1-14-7-9-16(10-8-14)12-21-23(26)22-15(2)11-17(13-20(22)29-21)28-24(27)18-5-3-4-6-19(18)25/h3-13H,1-2H3/b21-12-. The molecule has 0 aliphatic carbocycles. The first kappa shape index (κ1) is 19.2. The molecule has 1 heterocycles. The van der Waals surface area contributed by atoms with Crippen LogP contribution in [0.4, 0.5) is 0 Å². The van der Waals surface area contributed by atoms with Crippen LogP contribution in [-0.4, -0.2) is 11.8 Å². The number of benzene rings is 3. The van der Waals surface area contributed by atoms with Crippen molar-refractivity contribution >= 4 is 33.8 Å². The first-order chi connectivity index (χ1) is 13.9. The molecule has 0 saturated heterocycles. The minimum Gasteiger partial charge on any atom is -0.452 e. The molecule has 3 aromatic rings. The molecule has 5 heteroatoms. The Balaban J connectivity index is 1.62. The van der Waals surface area contributed by atoms with Crippen LogP contribution in [0.5, 0.6) is 11.5 Å². The van der Waals surface area contributed by atoms with E-state index >= 15 is 0 Å². The molecule has 0 atom stereocenters. The highest BCUT2D eigenvalue weighted by molar-refractivity contribution is 9.10. The average molecular weight is 449 g/mol. The van der Waals surface area contributed by atoms with Gasteiger partial charge in [-0.3, -0.25) is 4.79 Å². The fourth-order valence-corrected chi connectivity index (χ4v) is 3.59. The van der Waals surface area contributed by atoms with Gasteiger partial charge < -0.3 is 9.47 Å². The van der Waals surface area contributed by atoms with Crippen LogP contribution < -0.4 is 9.47 Å². The first-order valence-electron chi connectivity index (χ1n) is 9.04. The molecule has 0 amide bonds. The smallest absolute Gasteiger partial charge is 0.344 e. The van der Waals surface area contributed by atoms with Gasteiger partial charge in [-0.15, -0.1) is 0 Å². The number of carbonyl (C=O) groups excluding carboxylic acids is 2. The third-order valence-corrected chi connectivity index (χ3v) is 5.31. The van der Waals surface area contributed by atoms with E-state index < -0.39 is 5.97 Å². The second-order valence-corrected chi connectivity index (χ2v) is 7.69. The summed E-state index contributed by atoms with van der Waals surface area (Å²) >= 11 is 3.35. The SMILES string of the molecule is Cc1ccc(/C=C2\Oc3cc(OC(=O)c4ccccc4Br)cc(C)c3C2=O)cc1. The zero-order valence-electron chi connectivity index (χ0n) is 15.9. The zero-order chi connectivity index (χ0) is 20.5. The van der Waals surface area contributed by atoms with Crippen LogP contribution in [0.3, 0.4) is 0 Å². The van der Waals surface area contributed by atoms with Crippen LogP contribution in [0.15, 0.2) is 70.9 Å². The molecule has 29 heavy (non-hydrogen) atoms. The molecule has 0 fully saturated rings. The molecular weight excluding hydrogens is 432 g/mol. The van der Waals surface area contributed by atoms with Gasteiger partial charge in [-0.25, -0.2) is 4.79 Å². The minimum atomic E-state index is -0.489. The number of carbonyl (C=O) groups is 2. The van der Waals surface area contributed by atoms with E-state index in [9.17, 15) is 9.59 Å². The Morgan fingerprint density at radius 2 is 1.76 bits per heavy atom. The topological polar surface area (TPSA) is 52.6 Å². The Bertz CT molecular complexity index is 1160. The molecule has 0 spiro atoms. The average Bonchev–Trinajstić information content (AvgIpc) is 2.99. The summed E-state index contributed by atoms with van der Waals surface area (Å²) in [4.78, 5) is 25.3. The number of halogens is 1. The maximum absolute atomic E-state index is 12.8. The first-order valence-corrected chi connectivity index (χ1v) is 9.84. The number of ketones is 1. The number of ether oxygens (including phenoxy) is 2. The molecule has 1 aliphatic rings. The van der Waals surface area contributed by atoms with Crippen molar-refractivity contribution in [3.05, 3.63) is 98.7 Å². The van der Waals surface area contributed by atoms with Gasteiger partial charge in [-0.2, -0.15) is 0 Å². The summed E-state index contributed by atoms with van der Waals surface area (Å²) in [6.45, 7) is 3.80. The van der Waals surface area contributed by atoms with Crippen molar-refractivity contribution in [2.45, 2.75) is 13.8 Å². The maximum atomic E-state index is 12.8. The van der Waals surface area contributed by atoms with E-state index in [1.807, 2.05) is 37.3 Å². The van der Waals surface area contributed by atoms with Crippen molar-refractivity contribution in [3.63, 3.8) is 0 Å². The van der Waals surface area contributed by atoms with Crippen LogP contribution >= 0.6 is 15.9 Å². The Hall–Kier alpha value is -3.18. The van der Waals surface area contributed by atoms with Gasteiger partial charge in [-0.05, 0) is 65.2 Å². The van der Waals surface area contributed by atoms with E-state index in [0.717, 1.165) is 11.1 Å². The summed E-state index contributed by atoms with van der Waals surface area (Å²) in [6, 6.07) is 18.1. The lowest BCUT2D eigenvalue weighted by Gasteiger charge is -2.08. The number of fused-ring (bicyclic) bond motifs is 1. The zero-order valence-corrected chi connectivity index (χ0v) is 17.4. The molecule has 4 nitrogen and oxygen atoms in total. The number of allylic oxidation sites excluding steroid dienone is 1. The van der Waals surface area contributed by atoms with E-state index in [2.05, 4.69) is 15.9 Å². The summed E-state index contributed by atoms with van der Waals surface area (Å²) in [5, 5.41) is 0. The molecule has 0 bridgehead atoms. The van der Waals surface area contributed by atoms with Crippen LogP contribution in [0.25, 0.3) is 6.08 Å².